The van der Waals surface area contributed by atoms with Gasteiger partial charge in [-0.15, -0.1) is 0 Å². The van der Waals surface area contributed by atoms with Crippen LogP contribution in [0.2, 0.25) is 0 Å². The second kappa shape index (κ2) is 9.38. The van der Waals surface area contributed by atoms with Crippen LogP contribution in [0.25, 0.3) is 11.1 Å². The van der Waals surface area contributed by atoms with E-state index in [2.05, 4.69) is 61.7 Å². The summed E-state index contributed by atoms with van der Waals surface area (Å²) in [4.78, 5) is 0. The Kier molecular flexibility index (Phi) is 6.66. The van der Waals surface area contributed by atoms with Crippen molar-refractivity contribution in [3.8, 4) is 16.9 Å². The molecule has 3 nitrogen and oxygen atoms in total. The maximum atomic E-state index is 6.02. The number of hydrogen-bond acceptors (Lipinski definition) is 2. The van der Waals surface area contributed by atoms with Crippen LogP contribution in [0.4, 0.5) is 5.69 Å². The lowest BCUT2D eigenvalue weighted by Crippen LogP contribution is -2.39. The van der Waals surface area contributed by atoms with Gasteiger partial charge in [0.05, 0.1) is 6.04 Å². The molecule has 0 aliphatic carbocycles. The predicted molar refractivity (Wildman–Crippen MR) is 122 cm³/mol. The summed E-state index contributed by atoms with van der Waals surface area (Å²) in [5, 5.41) is 7.22. The van der Waals surface area contributed by atoms with Crippen molar-refractivity contribution in [2.75, 3.05) is 11.9 Å². The molecule has 0 aliphatic rings. The smallest absolute Gasteiger partial charge is 0.171 e. The van der Waals surface area contributed by atoms with Gasteiger partial charge in [-0.05, 0) is 55.7 Å². The number of para-hydroxylation sites is 2. The van der Waals surface area contributed by atoms with Crippen molar-refractivity contribution in [3.05, 3.63) is 83.9 Å². The second-order valence-corrected chi connectivity index (χ2v) is 7.35. The van der Waals surface area contributed by atoms with E-state index in [0.717, 1.165) is 33.7 Å². The third kappa shape index (κ3) is 5.11. The standard InChI is InChI=1S/C24H26N2OS/c1-17-10-9-11-18(2)23(17)27-16-19(3)25-24(28)26-22-15-8-7-14-21(22)20-12-5-4-6-13-20/h4-15,19H,16H2,1-3H3,(H2,25,26,28). The van der Waals surface area contributed by atoms with Crippen molar-refractivity contribution in [1.82, 2.24) is 5.32 Å². The van der Waals surface area contributed by atoms with Crippen LogP contribution < -0.4 is 15.4 Å². The van der Waals surface area contributed by atoms with Crippen molar-refractivity contribution in [2.45, 2.75) is 26.8 Å². The Morgan fingerprint density at radius 2 is 1.54 bits per heavy atom. The number of ether oxygens (including phenoxy) is 1. The SMILES string of the molecule is Cc1cccc(C)c1OCC(C)NC(=S)Nc1ccccc1-c1ccccc1. The van der Waals surface area contributed by atoms with Gasteiger partial charge in [0.1, 0.15) is 12.4 Å². The Hall–Kier alpha value is -2.85. The highest BCUT2D eigenvalue weighted by atomic mass is 32.1. The van der Waals surface area contributed by atoms with E-state index < -0.39 is 0 Å². The summed E-state index contributed by atoms with van der Waals surface area (Å²) in [5.41, 5.74) is 5.54. The van der Waals surface area contributed by atoms with Crippen LogP contribution in [0.3, 0.4) is 0 Å². The van der Waals surface area contributed by atoms with Crippen molar-refractivity contribution in [3.63, 3.8) is 0 Å². The fourth-order valence-corrected chi connectivity index (χ4v) is 3.43. The minimum absolute atomic E-state index is 0.0721. The van der Waals surface area contributed by atoms with Crippen molar-refractivity contribution in [1.29, 1.82) is 0 Å². The summed E-state index contributed by atoms with van der Waals surface area (Å²) in [6.07, 6.45) is 0. The molecule has 3 aromatic rings. The van der Waals surface area contributed by atoms with E-state index in [-0.39, 0.29) is 6.04 Å². The molecule has 3 aromatic carbocycles. The summed E-state index contributed by atoms with van der Waals surface area (Å²) in [7, 11) is 0. The zero-order chi connectivity index (χ0) is 19.9. The average Bonchev–Trinajstić information content (AvgIpc) is 2.68. The van der Waals surface area contributed by atoms with Gasteiger partial charge in [0, 0.05) is 11.3 Å². The van der Waals surface area contributed by atoms with Crippen LogP contribution in [0.15, 0.2) is 72.8 Å². The molecular formula is C24H26N2OS. The van der Waals surface area contributed by atoms with Crippen molar-refractivity contribution >= 4 is 23.0 Å². The van der Waals surface area contributed by atoms with Crippen LogP contribution in [-0.2, 0) is 0 Å². The molecule has 0 aliphatic heterocycles. The summed E-state index contributed by atoms with van der Waals surface area (Å²) >= 11 is 5.53. The third-order valence-corrected chi connectivity index (χ3v) is 4.74. The van der Waals surface area contributed by atoms with Crippen molar-refractivity contribution in [2.24, 2.45) is 0 Å². The first-order valence-electron chi connectivity index (χ1n) is 9.45. The van der Waals surface area contributed by atoms with E-state index >= 15 is 0 Å². The predicted octanol–water partition coefficient (Wildman–Crippen LogP) is 5.72. The number of thiocarbonyl (C=S) groups is 1. The first kappa shape index (κ1) is 19.9. The average molecular weight is 391 g/mol. The maximum absolute atomic E-state index is 6.02. The van der Waals surface area contributed by atoms with Gasteiger partial charge < -0.3 is 15.4 Å². The molecule has 0 fully saturated rings. The molecule has 3 rings (SSSR count). The zero-order valence-corrected chi connectivity index (χ0v) is 17.3. The molecule has 0 radical (unpaired) electrons. The fraction of sp³-hybridized carbons (Fsp3) is 0.208. The normalized spacial score (nSPS) is 11.5. The number of hydrogen-bond donors (Lipinski definition) is 2. The monoisotopic (exact) mass is 390 g/mol. The summed E-state index contributed by atoms with van der Waals surface area (Å²) < 4.78 is 6.02. The molecule has 4 heteroatoms. The van der Waals surface area contributed by atoms with Gasteiger partial charge in [0.15, 0.2) is 5.11 Å². The highest BCUT2D eigenvalue weighted by Crippen LogP contribution is 2.27. The van der Waals surface area contributed by atoms with Gasteiger partial charge in [0.25, 0.3) is 0 Å². The number of aryl methyl sites for hydroxylation is 2. The van der Waals surface area contributed by atoms with Gasteiger partial charge in [0.2, 0.25) is 0 Å². The lowest BCUT2D eigenvalue weighted by molar-refractivity contribution is 0.283. The van der Waals surface area contributed by atoms with E-state index in [1.54, 1.807) is 0 Å². The Morgan fingerprint density at radius 3 is 2.25 bits per heavy atom. The highest BCUT2D eigenvalue weighted by Gasteiger charge is 2.10. The number of benzene rings is 3. The summed E-state index contributed by atoms with van der Waals surface area (Å²) in [6.45, 7) is 6.72. The van der Waals surface area contributed by atoms with E-state index in [1.807, 2.05) is 42.5 Å². The Morgan fingerprint density at radius 1 is 0.893 bits per heavy atom. The topological polar surface area (TPSA) is 33.3 Å². The third-order valence-electron chi connectivity index (χ3n) is 4.52. The van der Waals surface area contributed by atoms with Gasteiger partial charge in [-0.25, -0.2) is 0 Å². The lowest BCUT2D eigenvalue weighted by Gasteiger charge is -2.20. The molecule has 0 amide bonds. The van der Waals surface area contributed by atoms with E-state index in [1.165, 1.54) is 0 Å². The van der Waals surface area contributed by atoms with E-state index in [4.69, 9.17) is 17.0 Å². The molecule has 0 saturated carbocycles. The lowest BCUT2D eigenvalue weighted by atomic mass is 10.0. The van der Waals surface area contributed by atoms with Gasteiger partial charge in [-0.3, -0.25) is 0 Å². The summed E-state index contributed by atoms with van der Waals surface area (Å²) in [5.74, 6) is 0.949. The quantitative estimate of drug-likeness (QED) is 0.527. The zero-order valence-electron chi connectivity index (χ0n) is 16.5. The van der Waals surface area contributed by atoms with Gasteiger partial charge >= 0.3 is 0 Å². The van der Waals surface area contributed by atoms with Crippen LogP contribution in [0, 0.1) is 13.8 Å². The first-order chi connectivity index (χ1) is 13.5. The van der Waals surface area contributed by atoms with Crippen LogP contribution in [0.5, 0.6) is 5.75 Å². The molecule has 2 N–H and O–H groups in total. The van der Waals surface area contributed by atoms with Crippen LogP contribution in [0.1, 0.15) is 18.1 Å². The van der Waals surface area contributed by atoms with E-state index in [0.29, 0.717) is 11.7 Å². The second-order valence-electron chi connectivity index (χ2n) is 6.94. The molecule has 0 aromatic heterocycles. The molecule has 1 unspecified atom stereocenters. The number of rotatable bonds is 6. The van der Waals surface area contributed by atoms with Crippen LogP contribution >= 0.6 is 12.2 Å². The molecule has 0 heterocycles. The maximum Gasteiger partial charge on any atom is 0.171 e. The van der Waals surface area contributed by atoms with Gasteiger partial charge in [-0.1, -0.05) is 66.7 Å². The first-order valence-corrected chi connectivity index (χ1v) is 9.86. The fourth-order valence-electron chi connectivity index (χ4n) is 3.12. The largest absolute Gasteiger partial charge is 0.491 e. The van der Waals surface area contributed by atoms with Gasteiger partial charge in [-0.2, -0.15) is 0 Å². The molecule has 1 atom stereocenters. The summed E-state index contributed by atoms with van der Waals surface area (Å²) in [6, 6.07) is 24.7. The molecule has 0 bridgehead atoms. The minimum Gasteiger partial charge on any atom is -0.491 e. The molecule has 0 saturated heterocycles. The number of anilines is 1. The highest BCUT2D eigenvalue weighted by molar-refractivity contribution is 7.80. The Balaban J connectivity index is 1.60. The van der Waals surface area contributed by atoms with E-state index in [9.17, 15) is 0 Å². The van der Waals surface area contributed by atoms with Crippen molar-refractivity contribution < 1.29 is 4.74 Å². The molecule has 0 spiro atoms. The Bertz CT molecular complexity index is 920. The number of nitrogens with one attached hydrogen (secondary N) is 2. The minimum atomic E-state index is 0.0721. The molecular weight excluding hydrogens is 364 g/mol. The Labute approximate surface area is 172 Å². The molecule has 144 valence electrons. The van der Waals surface area contributed by atoms with Crippen LogP contribution in [-0.4, -0.2) is 17.8 Å². The molecule has 28 heavy (non-hydrogen) atoms.